The number of ether oxygens (including phenoxy) is 2. The van der Waals surface area contributed by atoms with Gasteiger partial charge >= 0.3 is 0 Å². The molecule has 1 aromatic heterocycles. The van der Waals surface area contributed by atoms with Crippen LogP contribution in [0.25, 0.3) is 78.7 Å². The van der Waals surface area contributed by atoms with Crippen LogP contribution in [0.3, 0.4) is 0 Å². The van der Waals surface area contributed by atoms with Crippen molar-refractivity contribution in [3.05, 3.63) is 199 Å². The second-order valence-corrected chi connectivity index (χ2v) is 15.6. The first-order valence-electron chi connectivity index (χ1n) is 19.9. The lowest BCUT2D eigenvalue weighted by molar-refractivity contribution is 0.361. The van der Waals surface area contributed by atoms with E-state index in [9.17, 15) is 0 Å². The van der Waals surface area contributed by atoms with Gasteiger partial charge in [0, 0.05) is 33.2 Å². The van der Waals surface area contributed by atoms with E-state index in [-0.39, 0.29) is 5.41 Å². The van der Waals surface area contributed by atoms with E-state index < -0.39 is 0 Å². The number of hydrogen-bond acceptors (Lipinski definition) is 5. The molecular weight excluding hydrogens is 723 g/mol. The first-order chi connectivity index (χ1) is 29.0. The van der Waals surface area contributed by atoms with Crippen molar-refractivity contribution in [3.8, 4) is 102 Å². The number of para-hydroxylation sites is 1. The summed E-state index contributed by atoms with van der Waals surface area (Å²) in [5.41, 5.74) is 13.6. The summed E-state index contributed by atoms with van der Waals surface area (Å²) in [4.78, 5) is 15.5. The Morgan fingerprint density at radius 2 is 0.797 bits per heavy atom. The van der Waals surface area contributed by atoms with Crippen molar-refractivity contribution >= 4 is 0 Å². The summed E-state index contributed by atoms with van der Waals surface area (Å²) in [5.74, 6) is 4.59. The molecule has 0 atom stereocenters. The zero-order chi connectivity index (χ0) is 39.5. The van der Waals surface area contributed by atoms with E-state index in [1.54, 1.807) is 0 Å². The van der Waals surface area contributed by atoms with Crippen LogP contribution in [0.2, 0.25) is 0 Å². The Balaban J connectivity index is 1.03. The molecule has 8 aromatic carbocycles. The summed E-state index contributed by atoms with van der Waals surface area (Å²) in [6, 6.07) is 64.8. The summed E-state index contributed by atoms with van der Waals surface area (Å²) < 4.78 is 13.6. The maximum Gasteiger partial charge on any atom is 0.178 e. The molecule has 0 saturated carbocycles. The van der Waals surface area contributed by atoms with E-state index in [4.69, 9.17) is 24.4 Å². The molecule has 5 heteroatoms. The maximum absolute atomic E-state index is 6.98. The summed E-state index contributed by atoms with van der Waals surface area (Å²) >= 11 is 0. The largest absolute Gasteiger partial charge is 0.449 e. The third-order valence-electron chi connectivity index (χ3n) is 11.6. The summed E-state index contributed by atoms with van der Waals surface area (Å²) in [5, 5.41) is 0. The predicted molar refractivity (Wildman–Crippen MR) is 237 cm³/mol. The zero-order valence-corrected chi connectivity index (χ0v) is 32.6. The van der Waals surface area contributed by atoms with E-state index in [2.05, 4.69) is 166 Å². The van der Waals surface area contributed by atoms with Crippen molar-refractivity contribution in [2.24, 2.45) is 0 Å². The standard InChI is InChI=1S/C54H37N3O2/c1-54(2)44-27-10-9-25-43(44)48-45(54)29-30-47-50(48)59-49-42(26-14-28-46(49)58-47)38-21-13-24-41(33-38)53-56-51(39-22-11-19-36(31-39)34-15-5-3-6-16-34)55-52(57-53)40-23-12-20-37(32-40)35-17-7-4-8-18-35/h3-33H,1-2H3. The van der Waals surface area contributed by atoms with Crippen LogP contribution >= 0.6 is 0 Å². The van der Waals surface area contributed by atoms with Crippen LogP contribution in [0.15, 0.2) is 188 Å². The highest BCUT2D eigenvalue weighted by Crippen LogP contribution is 2.59. The van der Waals surface area contributed by atoms with Gasteiger partial charge in [-0.05, 0) is 74.8 Å². The summed E-state index contributed by atoms with van der Waals surface area (Å²) in [7, 11) is 0. The molecule has 11 rings (SSSR count). The molecule has 1 aliphatic carbocycles. The SMILES string of the molecule is CC1(C)c2ccccc2-c2c1ccc1c2Oc2c(cccc2-c2cccc(-c3nc(-c4cccc(-c5ccccc5)c4)nc(-c4cccc(-c5ccccc5)c4)n3)c2)O1. The van der Waals surface area contributed by atoms with Crippen molar-refractivity contribution in [3.63, 3.8) is 0 Å². The van der Waals surface area contributed by atoms with Crippen LogP contribution in [-0.2, 0) is 5.41 Å². The fourth-order valence-electron chi connectivity index (χ4n) is 8.60. The van der Waals surface area contributed by atoms with Gasteiger partial charge in [-0.2, -0.15) is 0 Å². The summed E-state index contributed by atoms with van der Waals surface area (Å²) in [6.07, 6.45) is 0. The molecule has 9 aromatic rings. The monoisotopic (exact) mass is 759 g/mol. The third kappa shape index (κ3) is 5.98. The lowest BCUT2D eigenvalue weighted by Crippen LogP contribution is -2.15. The van der Waals surface area contributed by atoms with Crippen molar-refractivity contribution < 1.29 is 9.47 Å². The van der Waals surface area contributed by atoms with Gasteiger partial charge in [0.15, 0.2) is 40.5 Å². The van der Waals surface area contributed by atoms with Gasteiger partial charge in [0.05, 0.1) is 0 Å². The molecule has 0 spiro atoms. The number of hydrogen-bond donors (Lipinski definition) is 0. The quantitative estimate of drug-likeness (QED) is 0.169. The Bertz CT molecular complexity index is 2980. The van der Waals surface area contributed by atoms with Crippen LogP contribution in [-0.4, -0.2) is 15.0 Å². The minimum Gasteiger partial charge on any atom is -0.449 e. The van der Waals surface area contributed by atoms with E-state index >= 15 is 0 Å². The molecule has 0 amide bonds. The van der Waals surface area contributed by atoms with Crippen molar-refractivity contribution in [2.75, 3.05) is 0 Å². The van der Waals surface area contributed by atoms with Crippen LogP contribution in [0.5, 0.6) is 23.0 Å². The van der Waals surface area contributed by atoms with E-state index in [0.29, 0.717) is 34.7 Å². The molecule has 0 unspecified atom stereocenters. The lowest BCUT2D eigenvalue weighted by atomic mass is 9.82. The molecule has 0 saturated heterocycles. The Morgan fingerprint density at radius 3 is 1.41 bits per heavy atom. The normalized spacial score (nSPS) is 13.0. The molecule has 0 N–H and O–H groups in total. The van der Waals surface area contributed by atoms with Gasteiger partial charge in [-0.1, -0.05) is 172 Å². The van der Waals surface area contributed by atoms with E-state index in [0.717, 1.165) is 61.4 Å². The van der Waals surface area contributed by atoms with Crippen LogP contribution in [0.1, 0.15) is 25.0 Å². The first kappa shape index (κ1) is 34.6. The third-order valence-corrected chi connectivity index (χ3v) is 11.6. The molecule has 280 valence electrons. The van der Waals surface area contributed by atoms with Crippen molar-refractivity contribution in [2.45, 2.75) is 19.3 Å². The van der Waals surface area contributed by atoms with Crippen LogP contribution in [0.4, 0.5) is 0 Å². The molecule has 59 heavy (non-hydrogen) atoms. The van der Waals surface area contributed by atoms with E-state index in [1.807, 2.05) is 36.4 Å². The second-order valence-electron chi connectivity index (χ2n) is 15.6. The van der Waals surface area contributed by atoms with Crippen molar-refractivity contribution in [1.82, 2.24) is 15.0 Å². The maximum atomic E-state index is 6.98. The number of fused-ring (bicyclic) bond motifs is 6. The highest BCUT2D eigenvalue weighted by molar-refractivity contribution is 5.89. The van der Waals surface area contributed by atoms with Gasteiger partial charge in [-0.3, -0.25) is 0 Å². The molecule has 0 fully saturated rings. The molecule has 2 heterocycles. The van der Waals surface area contributed by atoms with Gasteiger partial charge in [-0.15, -0.1) is 0 Å². The van der Waals surface area contributed by atoms with Gasteiger partial charge in [0.1, 0.15) is 0 Å². The average Bonchev–Trinajstić information content (AvgIpc) is 3.54. The van der Waals surface area contributed by atoms with Crippen molar-refractivity contribution in [1.29, 1.82) is 0 Å². The molecule has 1 aliphatic heterocycles. The first-order valence-corrected chi connectivity index (χ1v) is 19.9. The summed E-state index contributed by atoms with van der Waals surface area (Å²) in [6.45, 7) is 4.55. The molecule has 2 aliphatic rings. The average molecular weight is 760 g/mol. The predicted octanol–water partition coefficient (Wildman–Crippen LogP) is 14.1. The fourth-order valence-corrected chi connectivity index (χ4v) is 8.60. The number of benzene rings is 8. The second kappa shape index (κ2) is 13.8. The Labute approximate surface area is 343 Å². The highest BCUT2D eigenvalue weighted by atomic mass is 16.6. The molecular formula is C54H37N3O2. The minimum absolute atomic E-state index is 0.160. The fraction of sp³-hybridized carbons (Fsp3) is 0.0556. The zero-order valence-electron chi connectivity index (χ0n) is 32.6. The smallest absolute Gasteiger partial charge is 0.178 e. The number of rotatable bonds is 6. The lowest BCUT2D eigenvalue weighted by Gasteiger charge is -2.26. The van der Waals surface area contributed by atoms with E-state index in [1.165, 1.54) is 16.7 Å². The molecule has 0 radical (unpaired) electrons. The van der Waals surface area contributed by atoms with Gasteiger partial charge in [0.2, 0.25) is 0 Å². The Morgan fingerprint density at radius 1 is 0.339 bits per heavy atom. The Kier molecular flexibility index (Phi) is 8.09. The molecule has 5 nitrogen and oxygen atoms in total. The van der Waals surface area contributed by atoms with Crippen LogP contribution < -0.4 is 9.47 Å². The van der Waals surface area contributed by atoms with Gasteiger partial charge < -0.3 is 9.47 Å². The van der Waals surface area contributed by atoms with Gasteiger partial charge in [-0.25, -0.2) is 15.0 Å². The number of aromatic nitrogens is 3. The van der Waals surface area contributed by atoms with Gasteiger partial charge in [0.25, 0.3) is 0 Å². The Hall–Kier alpha value is -7.63. The molecule has 0 bridgehead atoms. The topological polar surface area (TPSA) is 57.1 Å². The van der Waals surface area contributed by atoms with Crippen LogP contribution in [0, 0.1) is 0 Å². The minimum atomic E-state index is -0.160. The highest BCUT2D eigenvalue weighted by Gasteiger charge is 2.39. The number of nitrogens with zero attached hydrogens (tertiary/aromatic N) is 3.